The summed E-state index contributed by atoms with van der Waals surface area (Å²) < 4.78 is 1.93. The lowest BCUT2D eigenvalue weighted by Gasteiger charge is -2.36. The molecule has 4 nitrogen and oxygen atoms in total. The molecule has 1 aromatic heterocycles. The highest BCUT2D eigenvalue weighted by Gasteiger charge is 2.25. The van der Waals surface area contributed by atoms with Crippen LogP contribution in [0.4, 0.5) is 0 Å². The highest BCUT2D eigenvalue weighted by atomic mass is 35.5. The van der Waals surface area contributed by atoms with Gasteiger partial charge in [-0.15, -0.1) is 0 Å². The van der Waals surface area contributed by atoms with E-state index in [2.05, 4.69) is 16.9 Å². The molecule has 114 valence electrons. The van der Waals surface area contributed by atoms with Gasteiger partial charge in [0.05, 0.1) is 16.4 Å². The van der Waals surface area contributed by atoms with Crippen molar-refractivity contribution in [1.82, 2.24) is 14.7 Å². The van der Waals surface area contributed by atoms with Crippen LogP contribution in [0.5, 0.6) is 0 Å². The largest absolute Gasteiger partial charge is 0.328 e. The minimum atomic E-state index is 0.400. The quantitative estimate of drug-likeness (QED) is 0.909. The third-order valence-electron chi connectivity index (χ3n) is 4.38. The molecule has 1 saturated carbocycles. The van der Waals surface area contributed by atoms with Gasteiger partial charge in [0.2, 0.25) is 0 Å². The lowest BCUT2D eigenvalue weighted by Crippen LogP contribution is -2.41. The first kappa shape index (κ1) is 15.8. The van der Waals surface area contributed by atoms with E-state index in [0.717, 1.165) is 48.8 Å². The summed E-state index contributed by atoms with van der Waals surface area (Å²) in [5.74, 6) is 0. The van der Waals surface area contributed by atoms with Gasteiger partial charge in [-0.05, 0) is 45.6 Å². The fourth-order valence-electron chi connectivity index (χ4n) is 3.19. The average molecular weight is 299 g/mol. The van der Waals surface area contributed by atoms with Crippen molar-refractivity contribution < 1.29 is 0 Å². The maximum absolute atomic E-state index is 6.39. The molecule has 1 aromatic rings. The van der Waals surface area contributed by atoms with Crippen LogP contribution in [0.25, 0.3) is 0 Å². The van der Waals surface area contributed by atoms with E-state index in [-0.39, 0.29) is 0 Å². The molecular formula is C15H27ClN4. The zero-order valence-corrected chi connectivity index (χ0v) is 13.7. The molecule has 0 aliphatic heterocycles. The van der Waals surface area contributed by atoms with E-state index in [1.807, 2.05) is 18.7 Å². The standard InChI is InChI=1S/C15H27ClN4/c1-4-9-20(13-7-5-12(17)6-8-13)10-14-15(16)11(2)18-19(14)3/h12-13H,4-10,17H2,1-3H3. The highest BCUT2D eigenvalue weighted by molar-refractivity contribution is 6.31. The van der Waals surface area contributed by atoms with Crippen molar-refractivity contribution >= 4 is 11.6 Å². The fraction of sp³-hybridized carbons (Fsp3) is 0.800. The molecule has 0 bridgehead atoms. The summed E-state index contributed by atoms with van der Waals surface area (Å²) in [5.41, 5.74) is 8.08. The molecule has 5 heteroatoms. The first-order valence-electron chi connectivity index (χ1n) is 7.70. The molecule has 1 fully saturated rings. The van der Waals surface area contributed by atoms with E-state index in [9.17, 15) is 0 Å². The van der Waals surface area contributed by atoms with E-state index < -0.39 is 0 Å². The Kier molecular flexibility index (Phi) is 5.47. The number of hydrogen-bond acceptors (Lipinski definition) is 3. The number of nitrogens with two attached hydrogens (primary N) is 1. The summed E-state index contributed by atoms with van der Waals surface area (Å²) in [6, 6.07) is 1.04. The van der Waals surface area contributed by atoms with Gasteiger partial charge in [-0.1, -0.05) is 18.5 Å². The third-order valence-corrected chi connectivity index (χ3v) is 4.87. The second-order valence-electron chi connectivity index (χ2n) is 6.01. The summed E-state index contributed by atoms with van der Waals surface area (Å²) in [7, 11) is 1.98. The van der Waals surface area contributed by atoms with Gasteiger partial charge in [-0.2, -0.15) is 5.10 Å². The molecule has 20 heavy (non-hydrogen) atoms. The smallest absolute Gasteiger partial charge is 0.0860 e. The number of hydrogen-bond donors (Lipinski definition) is 1. The monoisotopic (exact) mass is 298 g/mol. The lowest BCUT2D eigenvalue weighted by atomic mass is 9.90. The summed E-state index contributed by atoms with van der Waals surface area (Å²) in [4.78, 5) is 2.56. The van der Waals surface area contributed by atoms with E-state index >= 15 is 0 Å². The van der Waals surface area contributed by atoms with Gasteiger partial charge in [0.1, 0.15) is 0 Å². The fourth-order valence-corrected chi connectivity index (χ4v) is 3.41. The molecule has 0 saturated heterocycles. The molecule has 1 heterocycles. The van der Waals surface area contributed by atoms with Crippen molar-refractivity contribution in [2.24, 2.45) is 12.8 Å². The van der Waals surface area contributed by atoms with Crippen molar-refractivity contribution in [2.75, 3.05) is 6.54 Å². The molecule has 0 amide bonds. The second-order valence-corrected chi connectivity index (χ2v) is 6.39. The molecule has 2 rings (SSSR count). The van der Waals surface area contributed by atoms with Crippen LogP contribution in [-0.4, -0.2) is 33.3 Å². The molecule has 0 radical (unpaired) electrons. The first-order chi connectivity index (χ1) is 9.52. The number of rotatable bonds is 5. The Bertz CT molecular complexity index is 435. The minimum absolute atomic E-state index is 0.400. The Balaban J connectivity index is 2.09. The normalized spacial score (nSPS) is 23.5. The Morgan fingerprint density at radius 2 is 2.00 bits per heavy atom. The maximum Gasteiger partial charge on any atom is 0.0860 e. The number of nitrogens with zero attached hydrogens (tertiary/aromatic N) is 3. The summed E-state index contributed by atoms with van der Waals surface area (Å²) >= 11 is 6.39. The van der Waals surface area contributed by atoms with Crippen molar-refractivity contribution in [2.45, 2.75) is 64.6 Å². The van der Waals surface area contributed by atoms with Crippen LogP contribution in [0.2, 0.25) is 5.02 Å². The van der Waals surface area contributed by atoms with Gasteiger partial charge >= 0.3 is 0 Å². The van der Waals surface area contributed by atoms with Crippen molar-refractivity contribution in [3.8, 4) is 0 Å². The third kappa shape index (κ3) is 3.54. The lowest BCUT2D eigenvalue weighted by molar-refractivity contribution is 0.139. The zero-order chi connectivity index (χ0) is 14.7. The first-order valence-corrected chi connectivity index (χ1v) is 8.08. The number of aromatic nitrogens is 2. The Hall–Kier alpha value is -0.580. The molecule has 0 spiro atoms. The van der Waals surface area contributed by atoms with Gasteiger partial charge in [0, 0.05) is 25.7 Å². The Morgan fingerprint density at radius 1 is 1.35 bits per heavy atom. The zero-order valence-electron chi connectivity index (χ0n) is 12.9. The molecule has 0 unspecified atom stereocenters. The molecular weight excluding hydrogens is 272 g/mol. The van der Waals surface area contributed by atoms with Gasteiger partial charge in [-0.25, -0.2) is 0 Å². The summed E-state index contributed by atoms with van der Waals surface area (Å²) in [5, 5.41) is 5.24. The predicted molar refractivity (Wildman–Crippen MR) is 83.9 cm³/mol. The second kappa shape index (κ2) is 6.92. The van der Waals surface area contributed by atoms with Crippen LogP contribution in [0.1, 0.15) is 50.4 Å². The van der Waals surface area contributed by atoms with Crippen LogP contribution < -0.4 is 5.73 Å². The molecule has 1 aliphatic rings. The maximum atomic E-state index is 6.39. The highest BCUT2D eigenvalue weighted by Crippen LogP contribution is 2.26. The average Bonchev–Trinajstić information content (AvgIpc) is 2.65. The van der Waals surface area contributed by atoms with E-state index in [1.54, 1.807) is 0 Å². The van der Waals surface area contributed by atoms with Crippen molar-refractivity contribution in [3.63, 3.8) is 0 Å². The van der Waals surface area contributed by atoms with Crippen LogP contribution in [-0.2, 0) is 13.6 Å². The minimum Gasteiger partial charge on any atom is -0.328 e. The van der Waals surface area contributed by atoms with Crippen LogP contribution >= 0.6 is 11.6 Å². The SMILES string of the molecule is CCCN(Cc1c(Cl)c(C)nn1C)C1CCC(N)CC1. The number of halogens is 1. The van der Waals surface area contributed by atoms with Gasteiger partial charge in [0.25, 0.3) is 0 Å². The van der Waals surface area contributed by atoms with E-state index in [4.69, 9.17) is 17.3 Å². The summed E-state index contributed by atoms with van der Waals surface area (Å²) in [6.45, 7) is 6.21. The van der Waals surface area contributed by atoms with Crippen molar-refractivity contribution in [3.05, 3.63) is 16.4 Å². The molecule has 0 atom stereocenters. The Morgan fingerprint density at radius 3 is 2.50 bits per heavy atom. The Labute approximate surface area is 127 Å². The van der Waals surface area contributed by atoms with E-state index in [0.29, 0.717) is 12.1 Å². The van der Waals surface area contributed by atoms with Crippen LogP contribution in [0.15, 0.2) is 0 Å². The van der Waals surface area contributed by atoms with Gasteiger partial charge in [0.15, 0.2) is 0 Å². The predicted octanol–water partition coefficient (Wildman–Crippen LogP) is 2.86. The molecule has 2 N–H and O–H groups in total. The molecule has 1 aliphatic carbocycles. The summed E-state index contributed by atoms with van der Waals surface area (Å²) in [6.07, 6.45) is 5.86. The van der Waals surface area contributed by atoms with E-state index in [1.165, 1.54) is 12.8 Å². The van der Waals surface area contributed by atoms with Crippen LogP contribution in [0.3, 0.4) is 0 Å². The topological polar surface area (TPSA) is 47.1 Å². The van der Waals surface area contributed by atoms with Crippen LogP contribution in [0, 0.1) is 6.92 Å². The van der Waals surface area contributed by atoms with Gasteiger partial charge < -0.3 is 5.73 Å². The molecule has 0 aromatic carbocycles. The van der Waals surface area contributed by atoms with Crippen molar-refractivity contribution in [1.29, 1.82) is 0 Å². The van der Waals surface area contributed by atoms with Gasteiger partial charge in [-0.3, -0.25) is 9.58 Å². The number of aryl methyl sites for hydroxylation is 2.